The minimum absolute atomic E-state index is 0.0693. The van der Waals surface area contributed by atoms with Crippen LogP contribution in [-0.4, -0.2) is 37.2 Å². The standard InChI is InChI=1S/C51H96O6/c1-4-7-10-13-16-18-20-22-23-24-25-26-27-28-30-31-33-35-38-41-44-50(53)56-47-48(46-55-49(52)43-40-37-15-12-9-6-3)57-51(54)45-42-39-36-34-32-29-21-19-17-14-11-8-5-2/h19,21,48H,4-18,20,22-47H2,1-3H3/b21-19-. The van der Waals surface area contributed by atoms with Gasteiger partial charge in [-0.1, -0.05) is 226 Å². The molecule has 0 aromatic heterocycles. The van der Waals surface area contributed by atoms with Crippen molar-refractivity contribution in [1.29, 1.82) is 0 Å². The molecule has 0 aliphatic carbocycles. The maximum absolute atomic E-state index is 12.7. The predicted molar refractivity (Wildman–Crippen MR) is 243 cm³/mol. The Morgan fingerprint density at radius 3 is 0.895 bits per heavy atom. The molecular weight excluding hydrogens is 709 g/mol. The van der Waals surface area contributed by atoms with Gasteiger partial charge in [0.15, 0.2) is 6.10 Å². The Hall–Kier alpha value is -1.85. The Morgan fingerprint density at radius 2 is 0.579 bits per heavy atom. The monoisotopic (exact) mass is 805 g/mol. The Kier molecular flexibility index (Phi) is 45.3. The number of allylic oxidation sites excluding steroid dienone is 2. The fourth-order valence-electron chi connectivity index (χ4n) is 7.44. The molecule has 336 valence electrons. The van der Waals surface area contributed by atoms with Crippen molar-refractivity contribution in [2.75, 3.05) is 13.2 Å². The molecule has 0 saturated carbocycles. The smallest absolute Gasteiger partial charge is 0.306 e. The second-order valence-electron chi connectivity index (χ2n) is 17.1. The van der Waals surface area contributed by atoms with Crippen LogP contribution in [0, 0.1) is 0 Å². The van der Waals surface area contributed by atoms with Gasteiger partial charge in [-0.15, -0.1) is 0 Å². The molecule has 0 amide bonds. The van der Waals surface area contributed by atoms with E-state index in [1.165, 1.54) is 173 Å². The second kappa shape index (κ2) is 46.8. The van der Waals surface area contributed by atoms with Crippen LogP contribution in [0.2, 0.25) is 0 Å². The van der Waals surface area contributed by atoms with Crippen LogP contribution < -0.4 is 0 Å². The Bertz CT molecular complexity index is 885. The lowest BCUT2D eigenvalue weighted by Gasteiger charge is -2.18. The highest BCUT2D eigenvalue weighted by Gasteiger charge is 2.19. The van der Waals surface area contributed by atoms with Crippen LogP contribution in [0.1, 0.15) is 278 Å². The SMILES string of the molecule is CCCCCC/C=C\CCCCCCCC(=O)OC(COC(=O)CCCCCCCC)COC(=O)CCCCCCCCCCCCCCCCCCCCCC. The zero-order valence-corrected chi connectivity index (χ0v) is 38.4. The second-order valence-corrected chi connectivity index (χ2v) is 17.1. The van der Waals surface area contributed by atoms with Gasteiger partial charge in [0.1, 0.15) is 13.2 Å². The van der Waals surface area contributed by atoms with Gasteiger partial charge in [-0.05, 0) is 44.9 Å². The first kappa shape index (κ1) is 55.2. The molecule has 0 fully saturated rings. The number of ether oxygens (including phenoxy) is 3. The molecule has 0 aromatic rings. The molecule has 57 heavy (non-hydrogen) atoms. The highest BCUT2D eigenvalue weighted by Crippen LogP contribution is 2.16. The number of carbonyl (C=O) groups is 3. The van der Waals surface area contributed by atoms with E-state index in [0.717, 1.165) is 64.2 Å². The van der Waals surface area contributed by atoms with Crippen LogP contribution >= 0.6 is 0 Å². The molecule has 0 saturated heterocycles. The van der Waals surface area contributed by atoms with Gasteiger partial charge in [-0.2, -0.15) is 0 Å². The van der Waals surface area contributed by atoms with E-state index < -0.39 is 6.10 Å². The number of carbonyl (C=O) groups excluding carboxylic acids is 3. The molecule has 1 atom stereocenters. The molecule has 0 radical (unpaired) electrons. The van der Waals surface area contributed by atoms with Crippen LogP contribution in [0.4, 0.5) is 0 Å². The van der Waals surface area contributed by atoms with E-state index in [-0.39, 0.29) is 31.1 Å². The molecule has 6 nitrogen and oxygen atoms in total. The summed E-state index contributed by atoms with van der Waals surface area (Å²) in [6, 6.07) is 0. The Balaban J connectivity index is 4.13. The van der Waals surface area contributed by atoms with Crippen molar-refractivity contribution in [3.05, 3.63) is 12.2 Å². The summed E-state index contributed by atoms with van der Waals surface area (Å²) in [4.78, 5) is 37.6. The van der Waals surface area contributed by atoms with Crippen LogP contribution in [0.3, 0.4) is 0 Å². The molecule has 0 rings (SSSR count). The summed E-state index contributed by atoms with van der Waals surface area (Å²) in [6.45, 7) is 6.59. The summed E-state index contributed by atoms with van der Waals surface area (Å²) < 4.78 is 16.7. The van der Waals surface area contributed by atoms with Crippen LogP contribution in [-0.2, 0) is 28.6 Å². The molecule has 0 aromatic carbocycles. The van der Waals surface area contributed by atoms with E-state index in [0.29, 0.717) is 19.3 Å². The lowest BCUT2D eigenvalue weighted by Crippen LogP contribution is -2.30. The Labute approximate surface area is 354 Å². The van der Waals surface area contributed by atoms with Gasteiger partial charge in [-0.3, -0.25) is 14.4 Å². The van der Waals surface area contributed by atoms with Crippen molar-refractivity contribution in [2.24, 2.45) is 0 Å². The van der Waals surface area contributed by atoms with Gasteiger partial charge >= 0.3 is 17.9 Å². The zero-order valence-electron chi connectivity index (χ0n) is 38.4. The van der Waals surface area contributed by atoms with Crippen molar-refractivity contribution < 1.29 is 28.6 Å². The van der Waals surface area contributed by atoms with E-state index in [1.54, 1.807) is 0 Å². The minimum Gasteiger partial charge on any atom is -0.462 e. The summed E-state index contributed by atoms with van der Waals surface area (Å²) in [5.41, 5.74) is 0. The topological polar surface area (TPSA) is 78.9 Å². The van der Waals surface area contributed by atoms with Crippen molar-refractivity contribution in [1.82, 2.24) is 0 Å². The number of hydrogen-bond acceptors (Lipinski definition) is 6. The summed E-state index contributed by atoms with van der Waals surface area (Å²) >= 11 is 0. The number of unbranched alkanes of at least 4 members (excludes halogenated alkanes) is 33. The summed E-state index contributed by atoms with van der Waals surface area (Å²) in [6.07, 6.45) is 50.8. The van der Waals surface area contributed by atoms with Crippen molar-refractivity contribution in [2.45, 2.75) is 284 Å². The first-order chi connectivity index (χ1) is 28.0. The van der Waals surface area contributed by atoms with Gasteiger partial charge in [-0.25, -0.2) is 0 Å². The van der Waals surface area contributed by atoms with Gasteiger partial charge in [0.2, 0.25) is 0 Å². The maximum Gasteiger partial charge on any atom is 0.306 e. The minimum atomic E-state index is -0.765. The van der Waals surface area contributed by atoms with Crippen molar-refractivity contribution in [3.8, 4) is 0 Å². The molecule has 0 bridgehead atoms. The van der Waals surface area contributed by atoms with Crippen molar-refractivity contribution in [3.63, 3.8) is 0 Å². The van der Waals surface area contributed by atoms with Crippen LogP contribution in [0.5, 0.6) is 0 Å². The fourth-order valence-corrected chi connectivity index (χ4v) is 7.44. The van der Waals surface area contributed by atoms with Crippen molar-refractivity contribution >= 4 is 17.9 Å². The molecule has 0 aliphatic rings. The molecular formula is C51H96O6. The third-order valence-corrected chi connectivity index (χ3v) is 11.3. The van der Waals surface area contributed by atoms with Gasteiger partial charge in [0.05, 0.1) is 0 Å². The Morgan fingerprint density at radius 1 is 0.333 bits per heavy atom. The highest BCUT2D eigenvalue weighted by molar-refractivity contribution is 5.71. The van der Waals surface area contributed by atoms with E-state index in [2.05, 4.69) is 32.9 Å². The lowest BCUT2D eigenvalue weighted by atomic mass is 10.0. The first-order valence-corrected chi connectivity index (χ1v) is 25.2. The summed E-state index contributed by atoms with van der Waals surface area (Å²) in [7, 11) is 0. The molecule has 0 heterocycles. The predicted octanol–water partition coefficient (Wildman–Crippen LogP) is 16.2. The maximum atomic E-state index is 12.7. The largest absolute Gasteiger partial charge is 0.462 e. The normalized spacial score (nSPS) is 12.0. The molecule has 1 unspecified atom stereocenters. The van der Waals surface area contributed by atoms with Crippen LogP contribution in [0.25, 0.3) is 0 Å². The zero-order chi connectivity index (χ0) is 41.5. The summed E-state index contributed by atoms with van der Waals surface area (Å²) in [5.74, 6) is -0.875. The summed E-state index contributed by atoms with van der Waals surface area (Å²) in [5, 5.41) is 0. The highest BCUT2D eigenvalue weighted by atomic mass is 16.6. The molecule has 0 aliphatic heterocycles. The van der Waals surface area contributed by atoms with Crippen LogP contribution in [0.15, 0.2) is 12.2 Å². The lowest BCUT2D eigenvalue weighted by molar-refractivity contribution is -0.167. The van der Waals surface area contributed by atoms with E-state index in [4.69, 9.17) is 14.2 Å². The number of esters is 3. The molecule has 6 heteroatoms. The van der Waals surface area contributed by atoms with E-state index in [1.807, 2.05) is 0 Å². The average molecular weight is 805 g/mol. The fraction of sp³-hybridized carbons (Fsp3) is 0.902. The van der Waals surface area contributed by atoms with E-state index >= 15 is 0 Å². The molecule has 0 spiro atoms. The van der Waals surface area contributed by atoms with Gasteiger partial charge < -0.3 is 14.2 Å². The average Bonchev–Trinajstić information content (AvgIpc) is 3.21. The third-order valence-electron chi connectivity index (χ3n) is 11.3. The molecule has 0 N–H and O–H groups in total. The quantitative estimate of drug-likeness (QED) is 0.0264. The van der Waals surface area contributed by atoms with Gasteiger partial charge in [0, 0.05) is 19.3 Å². The number of rotatable bonds is 46. The third kappa shape index (κ3) is 45.1. The van der Waals surface area contributed by atoms with Gasteiger partial charge in [0.25, 0.3) is 0 Å². The number of hydrogen-bond donors (Lipinski definition) is 0. The first-order valence-electron chi connectivity index (χ1n) is 25.2. The van der Waals surface area contributed by atoms with E-state index in [9.17, 15) is 14.4 Å².